The van der Waals surface area contributed by atoms with E-state index in [-0.39, 0.29) is 11.3 Å². The lowest BCUT2D eigenvalue weighted by Gasteiger charge is -2.23. The Labute approximate surface area is 122 Å². The van der Waals surface area contributed by atoms with Crippen LogP contribution in [0.2, 0.25) is 0 Å². The highest BCUT2D eigenvalue weighted by Gasteiger charge is 2.40. The van der Waals surface area contributed by atoms with Crippen molar-refractivity contribution in [2.45, 2.75) is 57.9 Å². The molecule has 0 saturated heterocycles. The molecule has 2 nitrogen and oxygen atoms in total. The number of hydrogen-bond acceptors (Lipinski definition) is 1. The number of rotatable bonds is 2. The molecule has 0 heterocycles. The van der Waals surface area contributed by atoms with Crippen LogP contribution in [-0.4, -0.2) is 11.9 Å². The van der Waals surface area contributed by atoms with Crippen LogP contribution < -0.4 is 5.32 Å². The van der Waals surface area contributed by atoms with E-state index in [1.165, 1.54) is 31.2 Å². The lowest BCUT2D eigenvalue weighted by Crippen LogP contribution is -2.38. The summed E-state index contributed by atoms with van der Waals surface area (Å²) >= 11 is 0. The van der Waals surface area contributed by atoms with Gasteiger partial charge in [-0.3, -0.25) is 4.79 Å². The molecule has 0 aromatic heterocycles. The highest BCUT2D eigenvalue weighted by atomic mass is 16.1. The van der Waals surface area contributed by atoms with E-state index in [0.29, 0.717) is 6.04 Å². The first kappa shape index (κ1) is 13.7. The van der Waals surface area contributed by atoms with Gasteiger partial charge in [-0.15, -0.1) is 0 Å². The van der Waals surface area contributed by atoms with E-state index < -0.39 is 0 Å². The SMILES string of the molecule is CC(C)(C)c1ccc(C(=O)N[C@@H]2C[C@H]3CC[C@H]2C3)cc1. The molecule has 1 N–H and O–H groups in total. The van der Waals surface area contributed by atoms with Crippen molar-refractivity contribution < 1.29 is 4.79 Å². The van der Waals surface area contributed by atoms with Crippen molar-refractivity contribution >= 4 is 5.91 Å². The van der Waals surface area contributed by atoms with E-state index in [4.69, 9.17) is 0 Å². The maximum absolute atomic E-state index is 12.3. The normalized spacial score (nSPS) is 28.6. The highest BCUT2D eigenvalue weighted by Crippen LogP contribution is 2.44. The maximum atomic E-state index is 12.3. The van der Waals surface area contributed by atoms with Crippen molar-refractivity contribution in [2.24, 2.45) is 11.8 Å². The number of amides is 1. The fourth-order valence-electron chi connectivity index (χ4n) is 3.79. The smallest absolute Gasteiger partial charge is 0.251 e. The van der Waals surface area contributed by atoms with E-state index >= 15 is 0 Å². The number of fused-ring (bicyclic) bond motifs is 2. The number of nitrogens with one attached hydrogen (secondary N) is 1. The number of hydrogen-bond donors (Lipinski definition) is 1. The van der Waals surface area contributed by atoms with Crippen LogP contribution in [0.1, 0.15) is 62.4 Å². The molecule has 108 valence electrons. The van der Waals surface area contributed by atoms with Gasteiger partial charge in [0.15, 0.2) is 0 Å². The Morgan fingerprint density at radius 3 is 2.30 bits per heavy atom. The zero-order valence-corrected chi connectivity index (χ0v) is 12.8. The molecule has 2 aliphatic rings. The average molecular weight is 271 g/mol. The zero-order valence-electron chi connectivity index (χ0n) is 12.8. The zero-order chi connectivity index (χ0) is 14.3. The summed E-state index contributed by atoms with van der Waals surface area (Å²) in [4.78, 5) is 12.3. The molecule has 0 radical (unpaired) electrons. The molecule has 0 unspecified atom stereocenters. The van der Waals surface area contributed by atoms with Gasteiger partial charge in [-0.25, -0.2) is 0 Å². The summed E-state index contributed by atoms with van der Waals surface area (Å²) in [6.07, 6.45) is 5.19. The van der Waals surface area contributed by atoms with Crippen LogP contribution in [0.5, 0.6) is 0 Å². The second-order valence-electron chi connectivity index (χ2n) is 7.58. The van der Waals surface area contributed by atoms with E-state index in [9.17, 15) is 4.79 Å². The summed E-state index contributed by atoms with van der Waals surface area (Å²) in [7, 11) is 0. The van der Waals surface area contributed by atoms with Crippen LogP contribution in [-0.2, 0) is 5.41 Å². The number of carbonyl (C=O) groups is 1. The predicted octanol–water partition coefficient (Wildman–Crippen LogP) is 3.90. The van der Waals surface area contributed by atoms with Crippen LogP contribution in [0.3, 0.4) is 0 Å². The Morgan fingerprint density at radius 2 is 1.80 bits per heavy atom. The summed E-state index contributed by atoms with van der Waals surface area (Å²) in [5.41, 5.74) is 2.20. The minimum atomic E-state index is 0.100. The second-order valence-corrected chi connectivity index (χ2v) is 7.58. The topological polar surface area (TPSA) is 29.1 Å². The quantitative estimate of drug-likeness (QED) is 0.868. The van der Waals surface area contributed by atoms with Gasteiger partial charge in [0.05, 0.1) is 0 Å². The van der Waals surface area contributed by atoms with Gasteiger partial charge >= 0.3 is 0 Å². The van der Waals surface area contributed by atoms with E-state index in [0.717, 1.165) is 17.4 Å². The molecule has 2 bridgehead atoms. The maximum Gasteiger partial charge on any atom is 0.251 e. The van der Waals surface area contributed by atoms with Crippen LogP contribution in [0, 0.1) is 11.8 Å². The fraction of sp³-hybridized carbons (Fsp3) is 0.611. The highest BCUT2D eigenvalue weighted by molar-refractivity contribution is 5.94. The Hall–Kier alpha value is -1.31. The molecule has 2 aliphatic carbocycles. The van der Waals surface area contributed by atoms with Gasteiger partial charge in [0, 0.05) is 11.6 Å². The van der Waals surface area contributed by atoms with Gasteiger partial charge in [-0.2, -0.15) is 0 Å². The minimum Gasteiger partial charge on any atom is -0.349 e. The van der Waals surface area contributed by atoms with E-state index in [1.54, 1.807) is 0 Å². The summed E-state index contributed by atoms with van der Waals surface area (Å²) < 4.78 is 0. The largest absolute Gasteiger partial charge is 0.349 e. The molecule has 3 rings (SSSR count). The van der Waals surface area contributed by atoms with Gasteiger partial charge in [0.1, 0.15) is 0 Å². The number of benzene rings is 1. The van der Waals surface area contributed by atoms with Crippen LogP contribution in [0.15, 0.2) is 24.3 Å². The third kappa shape index (κ3) is 2.61. The van der Waals surface area contributed by atoms with Crippen molar-refractivity contribution in [3.05, 3.63) is 35.4 Å². The second kappa shape index (κ2) is 4.91. The lowest BCUT2D eigenvalue weighted by molar-refractivity contribution is 0.0923. The summed E-state index contributed by atoms with van der Waals surface area (Å²) in [6.45, 7) is 6.58. The first-order valence-electron chi connectivity index (χ1n) is 7.85. The Kier molecular flexibility index (Phi) is 3.35. The van der Waals surface area contributed by atoms with Crippen LogP contribution in [0.25, 0.3) is 0 Å². The number of carbonyl (C=O) groups excluding carboxylic acids is 1. The molecule has 2 heteroatoms. The van der Waals surface area contributed by atoms with Crippen molar-refractivity contribution in [3.63, 3.8) is 0 Å². The first-order chi connectivity index (χ1) is 9.43. The predicted molar refractivity (Wildman–Crippen MR) is 81.8 cm³/mol. The molecule has 0 aliphatic heterocycles. The molecule has 0 spiro atoms. The summed E-state index contributed by atoms with van der Waals surface area (Å²) in [5, 5.41) is 3.25. The van der Waals surface area contributed by atoms with E-state index in [1.807, 2.05) is 12.1 Å². The third-order valence-electron chi connectivity index (χ3n) is 5.07. The molecular weight excluding hydrogens is 246 g/mol. The van der Waals surface area contributed by atoms with Crippen molar-refractivity contribution in [1.82, 2.24) is 5.32 Å². The fourth-order valence-corrected chi connectivity index (χ4v) is 3.79. The van der Waals surface area contributed by atoms with Crippen LogP contribution >= 0.6 is 0 Å². The van der Waals surface area contributed by atoms with Crippen molar-refractivity contribution in [2.75, 3.05) is 0 Å². The van der Waals surface area contributed by atoms with Crippen molar-refractivity contribution in [1.29, 1.82) is 0 Å². The van der Waals surface area contributed by atoms with E-state index in [2.05, 4.69) is 38.2 Å². The average Bonchev–Trinajstić information content (AvgIpc) is 3.00. The molecule has 2 saturated carbocycles. The Morgan fingerprint density at radius 1 is 1.10 bits per heavy atom. The van der Waals surface area contributed by atoms with Gasteiger partial charge in [-0.05, 0) is 54.2 Å². The monoisotopic (exact) mass is 271 g/mol. The Bertz CT molecular complexity index is 497. The molecular formula is C18H25NO. The third-order valence-corrected chi connectivity index (χ3v) is 5.07. The summed E-state index contributed by atoms with van der Waals surface area (Å²) in [5.74, 6) is 1.70. The molecule has 1 aromatic rings. The molecule has 20 heavy (non-hydrogen) atoms. The minimum absolute atomic E-state index is 0.100. The lowest BCUT2D eigenvalue weighted by atomic mass is 9.86. The molecule has 2 fully saturated rings. The molecule has 3 atom stereocenters. The van der Waals surface area contributed by atoms with Gasteiger partial charge in [0.25, 0.3) is 5.91 Å². The molecule has 1 amide bonds. The van der Waals surface area contributed by atoms with Crippen LogP contribution in [0.4, 0.5) is 0 Å². The Balaban J connectivity index is 1.65. The van der Waals surface area contributed by atoms with Crippen molar-refractivity contribution in [3.8, 4) is 0 Å². The molecule has 1 aromatic carbocycles. The van der Waals surface area contributed by atoms with Gasteiger partial charge in [0.2, 0.25) is 0 Å². The van der Waals surface area contributed by atoms with Gasteiger partial charge in [-0.1, -0.05) is 39.3 Å². The summed E-state index contributed by atoms with van der Waals surface area (Å²) in [6, 6.07) is 8.50. The first-order valence-corrected chi connectivity index (χ1v) is 7.85. The standard InChI is InChI=1S/C18H25NO/c1-18(2,3)15-8-6-13(7-9-15)17(20)19-16-11-12-4-5-14(16)10-12/h6-9,12,14,16H,4-5,10-11H2,1-3H3,(H,19,20)/t12-,14-,16+/m0/s1. The van der Waals surface area contributed by atoms with Gasteiger partial charge < -0.3 is 5.32 Å².